The van der Waals surface area contributed by atoms with Crippen molar-refractivity contribution in [2.75, 3.05) is 13.2 Å². The molecular weight excluding hydrogens is 348 g/mol. The maximum atomic E-state index is 11.1. The SMILES string of the molecule is O=C(O)CC(O)(CC(=O)OCC(O)CO)C(=O)O.O=C1C=CC(=O)O1. The first kappa shape index (κ1) is 22.2. The second-order valence-electron chi connectivity index (χ2n) is 4.68. The molecule has 0 amide bonds. The van der Waals surface area contributed by atoms with E-state index in [9.17, 15) is 29.1 Å². The van der Waals surface area contributed by atoms with E-state index in [4.69, 9.17) is 20.4 Å². The summed E-state index contributed by atoms with van der Waals surface area (Å²) < 4.78 is 8.33. The maximum Gasteiger partial charge on any atom is 0.338 e. The standard InChI is InChI=1S/C9H14O9.C4H2O3/c10-3-5(11)4-18-7(14)2-9(17,8(15)16)1-6(12)13;5-3-1-2-4(6)7-3/h5,10-11,17H,1-4H2,(H,12,13)(H,15,16);1-2H. The van der Waals surface area contributed by atoms with Crippen LogP contribution < -0.4 is 0 Å². The van der Waals surface area contributed by atoms with Gasteiger partial charge in [0.1, 0.15) is 12.7 Å². The Kier molecular flexibility index (Phi) is 8.98. The predicted molar refractivity (Wildman–Crippen MR) is 73.7 cm³/mol. The zero-order valence-corrected chi connectivity index (χ0v) is 12.7. The van der Waals surface area contributed by atoms with E-state index >= 15 is 0 Å². The zero-order valence-electron chi connectivity index (χ0n) is 12.7. The Hall–Kier alpha value is -2.83. The molecule has 0 radical (unpaired) electrons. The number of ether oxygens (including phenoxy) is 2. The molecule has 0 aromatic carbocycles. The molecule has 0 aromatic rings. The molecule has 5 N–H and O–H groups in total. The topological polar surface area (TPSA) is 205 Å². The van der Waals surface area contributed by atoms with Crippen LogP contribution in [0.25, 0.3) is 0 Å². The minimum absolute atomic E-state index is 0.579. The Morgan fingerprint density at radius 1 is 1.12 bits per heavy atom. The van der Waals surface area contributed by atoms with Crippen LogP contribution in [0.5, 0.6) is 0 Å². The van der Waals surface area contributed by atoms with Gasteiger partial charge in [-0.25, -0.2) is 14.4 Å². The third kappa shape index (κ3) is 9.14. The van der Waals surface area contributed by atoms with Gasteiger partial charge in [0, 0.05) is 12.2 Å². The highest BCUT2D eigenvalue weighted by Crippen LogP contribution is 2.17. The van der Waals surface area contributed by atoms with Crippen molar-refractivity contribution >= 4 is 29.8 Å². The van der Waals surface area contributed by atoms with Crippen LogP contribution in [0.1, 0.15) is 12.8 Å². The normalized spacial score (nSPS) is 16.1. The van der Waals surface area contributed by atoms with Crippen molar-refractivity contribution in [3.8, 4) is 0 Å². The summed E-state index contributed by atoms with van der Waals surface area (Å²) in [4.78, 5) is 52.0. The molecule has 0 bridgehead atoms. The van der Waals surface area contributed by atoms with Crippen molar-refractivity contribution < 1.29 is 59.0 Å². The summed E-state index contributed by atoms with van der Waals surface area (Å²) in [5.74, 6) is -5.82. The van der Waals surface area contributed by atoms with Crippen molar-refractivity contribution in [1.82, 2.24) is 0 Å². The Morgan fingerprint density at radius 3 is 1.96 bits per heavy atom. The van der Waals surface area contributed by atoms with Gasteiger partial charge in [0.2, 0.25) is 0 Å². The van der Waals surface area contributed by atoms with E-state index in [0.29, 0.717) is 0 Å². The van der Waals surface area contributed by atoms with Crippen LogP contribution >= 0.6 is 0 Å². The highest BCUT2D eigenvalue weighted by Gasteiger charge is 2.41. The lowest BCUT2D eigenvalue weighted by Crippen LogP contribution is -2.43. The molecule has 0 aliphatic carbocycles. The molecule has 1 aliphatic rings. The number of aliphatic hydroxyl groups is 3. The van der Waals surface area contributed by atoms with Gasteiger partial charge in [0.25, 0.3) is 0 Å². The van der Waals surface area contributed by atoms with Gasteiger partial charge in [-0.2, -0.15) is 0 Å². The van der Waals surface area contributed by atoms with Crippen LogP contribution in [0.2, 0.25) is 0 Å². The molecule has 2 atom stereocenters. The summed E-state index contributed by atoms with van der Waals surface area (Å²) in [6.07, 6.45) is -1.40. The maximum absolute atomic E-state index is 11.1. The van der Waals surface area contributed by atoms with Crippen LogP contribution in [0.4, 0.5) is 0 Å². The Bertz CT molecular complexity index is 549. The lowest BCUT2D eigenvalue weighted by atomic mass is 9.96. The van der Waals surface area contributed by atoms with E-state index < -0.39 is 67.6 Å². The Morgan fingerprint density at radius 2 is 1.64 bits per heavy atom. The summed E-state index contributed by atoms with van der Waals surface area (Å²) in [5, 5.41) is 43.8. The summed E-state index contributed by atoms with van der Waals surface area (Å²) in [6, 6.07) is 0. The summed E-state index contributed by atoms with van der Waals surface area (Å²) >= 11 is 0. The first-order valence-corrected chi connectivity index (χ1v) is 6.56. The number of carbonyl (C=O) groups excluding carboxylic acids is 3. The van der Waals surface area contributed by atoms with Gasteiger partial charge in [0.15, 0.2) is 5.60 Å². The molecule has 0 saturated heterocycles. The van der Waals surface area contributed by atoms with Crippen molar-refractivity contribution in [1.29, 1.82) is 0 Å². The molecule has 0 spiro atoms. The minimum atomic E-state index is -2.77. The fraction of sp³-hybridized carbons (Fsp3) is 0.462. The summed E-state index contributed by atoms with van der Waals surface area (Å²) in [5.41, 5.74) is -2.77. The monoisotopic (exact) mass is 364 g/mol. The van der Waals surface area contributed by atoms with Gasteiger partial charge in [-0.1, -0.05) is 0 Å². The number of esters is 3. The first-order valence-electron chi connectivity index (χ1n) is 6.56. The number of carboxylic acids is 2. The van der Waals surface area contributed by atoms with Gasteiger partial charge in [-0.3, -0.25) is 9.59 Å². The first-order chi connectivity index (χ1) is 11.5. The third-order valence-corrected chi connectivity index (χ3v) is 2.48. The van der Waals surface area contributed by atoms with E-state index in [-0.39, 0.29) is 0 Å². The number of aliphatic carboxylic acids is 2. The molecule has 12 heteroatoms. The van der Waals surface area contributed by atoms with E-state index in [1.165, 1.54) is 0 Å². The van der Waals surface area contributed by atoms with E-state index in [1.54, 1.807) is 0 Å². The number of cyclic esters (lactones) is 2. The quantitative estimate of drug-likeness (QED) is 0.218. The lowest BCUT2D eigenvalue weighted by molar-refractivity contribution is -0.172. The largest absolute Gasteiger partial charge is 0.481 e. The number of rotatable bonds is 8. The molecule has 1 rings (SSSR count). The highest BCUT2D eigenvalue weighted by molar-refractivity contribution is 6.04. The fourth-order valence-electron chi connectivity index (χ4n) is 1.30. The Balaban J connectivity index is 0.000000676. The predicted octanol–water partition coefficient (Wildman–Crippen LogP) is -2.81. The van der Waals surface area contributed by atoms with Crippen LogP contribution in [0.3, 0.4) is 0 Å². The third-order valence-electron chi connectivity index (χ3n) is 2.48. The number of aliphatic hydroxyl groups excluding tert-OH is 2. The second-order valence-corrected chi connectivity index (χ2v) is 4.68. The van der Waals surface area contributed by atoms with Crippen molar-refractivity contribution in [2.24, 2.45) is 0 Å². The van der Waals surface area contributed by atoms with Gasteiger partial charge in [-0.15, -0.1) is 0 Å². The second kappa shape index (κ2) is 10.1. The molecule has 0 fully saturated rings. The van der Waals surface area contributed by atoms with Gasteiger partial charge in [0.05, 0.1) is 19.4 Å². The van der Waals surface area contributed by atoms with Gasteiger partial charge in [-0.05, 0) is 0 Å². The molecule has 2 unspecified atom stereocenters. The van der Waals surface area contributed by atoms with Crippen LogP contribution in [-0.2, 0) is 33.4 Å². The smallest absolute Gasteiger partial charge is 0.338 e. The van der Waals surface area contributed by atoms with Crippen molar-refractivity contribution in [2.45, 2.75) is 24.5 Å². The number of carboxylic acid groups (broad SMARTS) is 2. The van der Waals surface area contributed by atoms with E-state index in [0.717, 1.165) is 12.2 Å². The van der Waals surface area contributed by atoms with Gasteiger partial charge < -0.3 is 35.0 Å². The Labute approximate surface area is 139 Å². The van der Waals surface area contributed by atoms with Crippen molar-refractivity contribution in [3.05, 3.63) is 12.2 Å². The molecular formula is C13H16O12. The van der Waals surface area contributed by atoms with Gasteiger partial charge >= 0.3 is 29.8 Å². The summed E-state index contributed by atoms with van der Waals surface area (Å²) in [7, 11) is 0. The van der Waals surface area contributed by atoms with Crippen LogP contribution in [0.15, 0.2) is 12.2 Å². The molecule has 0 saturated carbocycles. The average Bonchev–Trinajstić information content (AvgIpc) is 2.87. The zero-order chi connectivity index (χ0) is 19.6. The molecule has 25 heavy (non-hydrogen) atoms. The van der Waals surface area contributed by atoms with Crippen LogP contribution in [-0.4, -0.2) is 80.3 Å². The molecule has 1 aliphatic heterocycles. The summed E-state index contributed by atoms with van der Waals surface area (Å²) in [6.45, 7) is -1.25. The molecule has 0 aromatic heterocycles. The number of hydrogen-bond acceptors (Lipinski definition) is 10. The number of carbonyl (C=O) groups is 5. The van der Waals surface area contributed by atoms with E-state index in [1.807, 2.05) is 0 Å². The van der Waals surface area contributed by atoms with Crippen LogP contribution in [0, 0.1) is 0 Å². The average molecular weight is 364 g/mol. The lowest BCUT2D eigenvalue weighted by Gasteiger charge is -2.20. The highest BCUT2D eigenvalue weighted by atomic mass is 16.6. The fourth-order valence-corrected chi connectivity index (χ4v) is 1.30. The molecule has 12 nitrogen and oxygen atoms in total. The minimum Gasteiger partial charge on any atom is -0.481 e. The number of hydrogen-bond donors (Lipinski definition) is 5. The molecule has 1 heterocycles. The van der Waals surface area contributed by atoms with Crippen molar-refractivity contribution in [3.63, 3.8) is 0 Å². The molecule has 140 valence electrons. The van der Waals surface area contributed by atoms with E-state index in [2.05, 4.69) is 9.47 Å².